The van der Waals surface area contributed by atoms with Crippen molar-refractivity contribution in [1.29, 1.82) is 0 Å². The van der Waals surface area contributed by atoms with E-state index in [2.05, 4.69) is 0 Å². The zero-order chi connectivity index (χ0) is 8.77. The molecule has 0 aromatic carbocycles. The fourth-order valence-corrected chi connectivity index (χ4v) is 1.74. The summed E-state index contributed by atoms with van der Waals surface area (Å²) < 4.78 is 5.48. The second kappa shape index (κ2) is 2.41. The van der Waals surface area contributed by atoms with E-state index in [-0.39, 0.29) is 24.6 Å². The lowest BCUT2D eigenvalue weighted by molar-refractivity contribution is -0.151. The predicted octanol–water partition coefficient (Wildman–Crippen LogP) is 0.281. The van der Waals surface area contributed by atoms with Gasteiger partial charge in [0.2, 0.25) is 0 Å². The molecule has 2 rings (SSSR count). The first kappa shape index (κ1) is 7.95. The quantitative estimate of drug-likeness (QED) is 0.572. The van der Waals surface area contributed by atoms with Crippen LogP contribution in [0.25, 0.3) is 0 Å². The van der Waals surface area contributed by atoms with E-state index >= 15 is 0 Å². The maximum atomic E-state index is 11.5. The van der Waals surface area contributed by atoms with E-state index in [0.29, 0.717) is 6.42 Å². The molecule has 3 atom stereocenters. The highest BCUT2D eigenvalue weighted by atomic mass is 16.5. The monoisotopic (exact) mass is 168 g/mol. The summed E-state index contributed by atoms with van der Waals surface area (Å²) in [5.41, 5.74) is -0.705. The molecule has 0 unspecified atom stereocenters. The van der Waals surface area contributed by atoms with Crippen LogP contribution in [0, 0.1) is 5.41 Å². The van der Waals surface area contributed by atoms with Crippen LogP contribution in [-0.4, -0.2) is 29.7 Å². The van der Waals surface area contributed by atoms with Gasteiger partial charge in [0, 0.05) is 6.42 Å². The molecule has 2 aliphatic rings. The SMILES string of the molecule is C[C@@]1(CO)C(=O)C[C@H]2C=C[C@@H]1O2. The molecule has 3 heteroatoms. The maximum absolute atomic E-state index is 11.5. The van der Waals surface area contributed by atoms with Crippen molar-refractivity contribution in [3.8, 4) is 0 Å². The van der Waals surface area contributed by atoms with Crippen LogP contribution in [0.1, 0.15) is 13.3 Å². The Bertz CT molecular complexity index is 246. The molecule has 0 aromatic rings. The largest absolute Gasteiger partial charge is 0.395 e. The van der Waals surface area contributed by atoms with Crippen molar-refractivity contribution < 1.29 is 14.6 Å². The maximum Gasteiger partial charge on any atom is 0.146 e. The number of Topliss-reactive ketones (excluding diaryl/α,β-unsaturated/α-hetero) is 1. The molecule has 1 saturated heterocycles. The molecule has 0 radical (unpaired) electrons. The summed E-state index contributed by atoms with van der Waals surface area (Å²) in [5, 5.41) is 9.11. The Morgan fingerprint density at radius 1 is 1.75 bits per heavy atom. The highest BCUT2D eigenvalue weighted by molar-refractivity contribution is 5.87. The van der Waals surface area contributed by atoms with Crippen molar-refractivity contribution in [2.75, 3.05) is 6.61 Å². The summed E-state index contributed by atoms with van der Waals surface area (Å²) >= 11 is 0. The van der Waals surface area contributed by atoms with E-state index in [0.717, 1.165) is 0 Å². The van der Waals surface area contributed by atoms with Gasteiger partial charge in [-0.2, -0.15) is 0 Å². The van der Waals surface area contributed by atoms with Crippen molar-refractivity contribution in [3.05, 3.63) is 12.2 Å². The molecule has 2 heterocycles. The zero-order valence-electron chi connectivity index (χ0n) is 6.99. The van der Waals surface area contributed by atoms with E-state index in [4.69, 9.17) is 9.84 Å². The number of carbonyl (C=O) groups is 1. The molecule has 0 saturated carbocycles. The Kier molecular flexibility index (Phi) is 1.59. The number of ether oxygens (including phenoxy) is 1. The molecule has 0 aromatic heterocycles. The van der Waals surface area contributed by atoms with Crippen LogP contribution >= 0.6 is 0 Å². The van der Waals surface area contributed by atoms with Crippen LogP contribution in [0.15, 0.2) is 12.2 Å². The zero-order valence-corrected chi connectivity index (χ0v) is 6.99. The highest BCUT2D eigenvalue weighted by Crippen LogP contribution is 2.37. The minimum atomic E-state index is -0.705. The Balaban J connectivity index is 2.32. The van der Waals surface area contributed by atoms with Crippen LogP contribution in [0.2, 0.25) is 0 Å². The number of hydrogen-bond donors (Lipinski definition) is 1. The number of aliphatic hydroxyl groups is 1. The third-order valence-corrected chi connectivity index (χ3v) is 2.80. The van der Waals surface area contributed by atoms with E-state index in [1.54, 1.807) is 6.92 Å². The Labute approximate surface area is 71.0 Å². The molecule has 1 fully saturated rings. The van der Waals surface area contributed by atoms with Gasteiger partial charge < -0.3 is 9.84 Å². The Hall–Kier alpha value is -0.670. The number of carbonyl (C=O) groups excluding carboxylic acids is 1. The average molecular weight is 168 g/mol. The van der Waals surface area contributed by atoms with E-state index < -0.39 is 5.41 Å². The summed E-state index contributed by atoms with van der Waals surface area (Å²) in [4.78, 5) is 11.5. The number of hydrogen-bond acceptors (Lipinski definition) is 3. The first-order valence-corrected chi connectivity index (χ1v) is 4.15. The second-order valence-corrected chi connectivity index (χ2v) is 3.68. The summed E-state index contributed by atoms with van der Waals surface area (Å²) in [6.45, 7) is 1.62. The van der Waals surface area contributed by atoms with Gasteiger partial charge in [-0.15, -0.1) is 0 Å². The molecule has 1 N–H and O–H groups in total. The van der Waals surface area contributed by atoms with Crippen molar-refractivity contribution in [2.24, 2.45) is 5.41 Å². The van der Waals surface area contributed by atoms with Crippen molar-refractivity contribution in [3.63, 3.8) is 0 Å². The third-order valence-electron chi connectivity index (χ3n) is 2.80. The molecule has 0 spiro atoms. The number of ketones is 1. The van der Waals surface area contributed by atoms with Gasteiger partial charge in [-0.3, -0.25) is 4.79 Å². The average Bonchev–Trinajstić information content (AvgIpc) is 2.47. The standard InChI is InChI=1S/C9H12O3/c1-9(5-10)7(11)4-6-2-3-8(9)12-6/h2-3,6,8,10H,4-5H2,1H3/t6-,8+,9-/m1/s1. The third kappa shape index (κ3) is 0.867. The molecular formula is C9H12O3. The van der Waals surface area contributed by atoms with Crippen molar-refractivity contribution in [1.82, 2.24) is 0 Å². The number of aliphatic hydroxyl groups excluding tert-OH is 1. The molecule has 0 amide bonds. The summed E-state index contributed by atoms with van der Waals surface area (Å²) in [7, 11) is 0. The molecule has 0 aliphatic carbocycles. The van der Waals surface area contributed by atoms with Crippen molar-refractivity contribution >= 4 is 5.78 Å². The minimum Gasteiger partial charge on any atom is -0.395 e. The van der Waals surface area contributed by atoms with Gasteiger partial charge in [0.15, 0.2) is 0 Å². The fraction of sp³-hybridized carbons (Fsp3) is 0.667. The van der Waals surface area contributed by atoms with Gasteiger partial charge in [0.05, 0.1) is 24.2 Å². The molecule has 66 valence electrons. The van der Waals surface area contributed by atoms with Gasteiger partial charge in [0.25, 0.3) is 0 Å². The van der Waals surface area contributed by atoms with Crippen LogP contribution in [0.3, 0.4) is 0 Å². The van der Waals surface area contributed by atoms with Gasteiger partial charge in [0.1, 0.15) is 5.78 Å². The minimum absolute atomic E-state index is 0.0397. The van der Waals surface area contributed by atoms with Gasteiger partial charge in [-0.25, -0.2) is 0 Å². The molecule has 2 aliphatic heterocycles. The summed E-state index contributed by atoms with van der Waals surface area (Å²) in [6.07, 6.45) is 3.94. The molecule has 12 heavy (non-hydrogen) atoms. The van der Waals surface area contributed by atoms with Gasteiger partial charge in [-0.05, 0) is 6.92 Å². The van der Waals surface area contributed by atoms with Crippen LogP contribution < -0.4 is 0 Å². The lowest BCUT2D eigenvalue weighted by Gasteiger charge is -2.36. The van der Waals surface area contributed by atoms with E-state index in [1.165, 1.54) is 0 Å². The van der Waals surface area contributed by atoms with Crippen LogP contribution in [-0.2, 0) is 9.53 Å². The molecule has 3 nitrogen and oxygen atoms in total. The lowest BCUT2D eigenvalue weighted by Crippen LogP contribution is -2.47. The van der Waals surface area contributed by atoms with Crippen LogP contribution in [0.5, 0.6) is 0 Å². The Morgan fingerprint density at radius 2 is 2.50 bits per heavy atom. The van der Waals surface area contributed by atoms with Gasteiger partial charge >= 0.3 is 0 Å². The summed E-state index contributed by atoms with van der Waals surface area (Å²) in [5.74, 6) is 0.108. The smallest absolute Gasteiger partial charge is 0.146 e. The van der Waals surface area contributed by atoms with E-state index in [9.17, 15) is 4.79 Å². The van der Waals surface area contributed by atoms with Gasteiger partial charge in [-0.1, -0.05) is 12.2 Å². The first-order valence-electron chi connectivity index (χ1n) is 4.15. The molecular weight excluding hydrogens is 156 g/mol. The number of rotatable bonds is 1. The normalized spacial score (nSPS) is 45.3. The molecule has 2 bridgehead atoms. The van der Waals surface area contributed by atoms with Crippen molar-refractivity contribution in [2.45, 2.75) is 25.6 Å². The second-order valence-electron chi connectivity index (χ2n) is 3.68. The highest BCUT2D eigenvalue weighted by Gasteiger charge is 2.47. The topological polar surface area (TPSA) is 46.5 Å². The first-order chi connectivity index (χ1) is 5.66. The Morgan fingerprint density at radius 3 is 3.17 bits per heavy atom. The number of fused-ring (bicyclic) bond motifs is 2. The fourth-order valence-electron chi connectivity index (χ4n) is 1.74. The van der Waals surface area contributed by atoms with E-state index in [1.807, 2.05) is 12.2 Å². The predicted molar refractivity (Wildman–Crippen MR) is 42.6 cm³/mol. The summed E-state index contributed by atoms with van der Waals surface area (Å²) in [6, 6.07) is 0. The lowest BCUT2D eigenvalue weighted by atomic mass is 9.78. The van der Waals surface area contributed by atoms with Crippen LogP contribution in [0.4, 0.5) is 0 Å².